The first-order valence-corrected chi connectivity index (χ1v) is 12.4. The Morgan fingerprint density at radius 1 is 1.14 bits per heavy atom. The molecule has 1 fully saturated rings. The molecule has 0 aliphatic carbocycles. The summed E-state index contributed by atoms with van der Waals surface area (Å²) < 4.78 is 0. The van der Waals surface area contributed by atoms with E-state index in [2.05, 4.69) is 10.6 Å². The second kappa shape index (κ2) is 13.6. The molecular formula is C25H37N5O7. The van der Waals surface area contributed by atoms with Crippen LogP contribution < -0.4 is 22.1 Å². The van der Waals surface area contributed by atoms with E-state index >= 15 is 0 Å². The minimum absolute atomic E-state index is 0.00220. The van der Waals surface area contributed by atoms with Crippen molar-refractivity contribution in [3.63, 3.8) is 0 Å². The Balaban J connectivity index is 2.23. The summed E-state index contributed by atoms with van der Waals surface area (Å²) in [5.41, 5.74) is 11.7. The maximum absolute atomic E-state index is 13.6. The number of carboxylic acids is 1. The molecular weight excluding hydrogens is 482 g/mol. The number of nitrogens with two attached hydrogens (primary N) is 2. The third-order valence-corrected chi connectivity index (χ3v) is 6.64. The Morgan fingerprint density at radius 3 is 2.35 bits per heavy atom. The molecule has 0 spiro atoms. The van der Waals surface area contributed by atoms with Gasteiger partial charge in [-0.25, -0.2) is 4.79 Å². The third-order valence-electron chi connectivity index (χ3n) is 6.64. The number of phenols is 1. The van der Waals surface area contributed by atoms with E-state index in [9.17, 15) is 34.2 Å². The molecule has 12 heteroatoms. The van der Waals surface area contributed by atoms with Crippen LogP contribution in [0.25, 0.3) is 0 Å². The minimum atomic E-state index is -1.15. The lowest BCUT2D eigenvalue weighted by atomic mass is 9.98. The molecule has 0 bridgehead atoms. The lowest BCUT2D eigenvalue weighted by Gasteiger charge is -2.30. The largest absolute Gasteiger partial charge is 0.508 e. The Morgan fingerprint density at radius 2 is 1.78 bits per heavy atom. The summed E-state index contributed by atoms with van der Waals surface area (Å²) in [4.78, 5) is 63.5. The Bertz CT molecular complexity index is 984. The molecule has 1 heterocycles. The molecule has 5 unspecified atom stereocenters. The monoisotopic (exact) mass is 519 g/mol. The van der Waals surface area contributed by atoms with Crippen LogP contribution in [0.3, 0.4) is 0 Å². The number of primary amides is 1. The Kier molecular flexibility index (Phi) is 10.9. The van der Waals surface area contributed by atoms with Crippen molar-refractivity contribution in [3.8, 4) is 5.75 Å². The van der Waals surface area contributed by atoms with E-state index in [1.807, 2.05) is 6.92 Å². The lowest BCUT2D eigenvalue weighted by Crippen LogP contribution is -2.57. The van der Waals surface area contributed by atoms with Crippen molar-refractivity contribution in [2.45, 2.75) is 76.5 Å². The number of nitrogens with zero attached hydrogens (tertiary/aromatic N) is 1. The standard InChI is InChI=1S/C25H37N5O7/c1-3-14(2)21(25(36)37)29-23(34)19-5-4-12-30(19)24(35)18(13-15-6-8-16(31)9-7-15)28-22(33)17(26)10-11-20(27)32/h6-9,14,17-19,21,31H,3-5,10-13,26H2,1-2H3,(H2,27,32)(H,28,33)(H,29,34)(H,36,37). The zero-order valence-electron chi connectivity index (χ0n) is 21.2. The summed E-state index contributed by atoms with van der Waals surface area (Å²) >= 11 is 0. The summed E-state index contributed by atoms with van der Waals surface area (Å²) in [6.45, 7) is 3.80. The molecule has 0 saturated carbocycles. The normalized spacial score (nSPS) is 18.4. The van der Waals surface area contributed by atoms with Gasteiger partial charge >= 0.3 is 5.97 Å². The highest BCUT2D eigenvalue weighted by molar-refractivity contribution is 5.94. The van der Waals surface area contributed by atoms with Gasteiger partial charge in [-0.3, -0.25) is 19.2 Å². The number of phenolic OH excluding ortho intramolecular Hbond substituents is 1. The Labute approximate surface area is 215 Å². The number of benzene rings is 1. The molecule has 0 radical (unpaired) electrons. The van der Waals surface area contributed by atoms with Crippen LogP contribution in [-0.2, 0) is 30.4 Å². The molecule has 1 aromatic carbocycles. The topological polar surface area (TPSA) is 205 Å². The van der Waals surface area contributed by atoms with E-state index < -0.39 is 53.8 Å². The number of carboxylic acid groups (broad SMARTS) is 1. The van der Waals surface area contributed by atoms with Crippen molar-refractivity contribution in [2.24, 2.45) is 17.4 Å². The first kappa shape index (κ1) is 29.6. The third kappa shape index (κ3) is 8.45. The first-order valence-electron chi connectivity index (χ1n) is 12.4. The molecule has 5 atom stereocenters. The number of carbonyl (C=O) groups excluding carboxylic acids is 4. The Hall–Kier alpha value is -3.67. The molecule has 204 valence electrons. The van der Waals surface area contributed by atoms with Gasteiger partial charge in [-0.1, -0.05) is 32.4 Å². The highest BCUT2D eigenvalue weighted by Gasteiger charge is 2.39. The fraction of sp³-hybridized carbons (Fsp3) is 0.560. The number of carbonyl (C=O) groups is 5. The van der Waals surface area contributed by atoms with Crippen LogP contribution in [0.15, 0.2) is 24.3 Å². The van der Waals surface area contributed by atoms with Crippen molar-refractivity contribution >= 4 is 29.6 Å². The quantitative estimate of drug-likeness (QED) is 0.202. The van der Waals surface area contributed by atoms with Crippen LogP contribution in [0.1, 0.15) is 51.5 Å². The summed E-state index contributed by atoms with van der Waals surface area (Å²) in [6, 6.07) is 1.96. The van der Waals surface area contributed by atoms with Gasteiger partial charge in [-0.05, 0) is 42.9 Å². The summed E-state index contributed by atoms with van der Waals surface area (Å²) in [6.07, 6.45) is 1.39. The molecule has 12 nitrogen and oxygen atoms in total. The van der Waals surface area contributed by atoms with Gasteiger partial charge in [-0.15, -0.1) is 0 Å². The van der Waals surface area contributed by atoms with E-state index in [0.29, 0.717) is 24.8 Å². The van der Waals surface area contributed by atoms with Gasteiger partial charge in [-0.2, -0.15) is 0 Å². The van der Waals surface area contributed by atoms with Gasteiger partial charge in [0.1, 0.15) is 23.9 Å². The van der Waals surface area contributed by atoms with Crippen LogP contribution in [0, 0.1) is 5.92 Å². The summed E-state index contributed by atoms with van der Waals surface area (Å²) in [5, 5.41) is 24.3. The fourth-order valence-corrected chi connectivity index (χ4v) is 4.21. The first-order chi connectivity index (χ1) is 17.4. The van der Waals surface area contributed by atoms with Gasteiger partial charge in [0.15, 0.2) is 0 Å². The van der Waals surface area contributed by atoms with Crippen molar-refractivity contribution in [1.29, 1.82) is 0 Å². The molecule has 1 aromatic rings. The molecule has 1 saturated heterocycles. The van der Waals surface area contributed by atoms with Crippen LogP contribution in [0.5, 0.6) is 5.75 Å². The van der Waals surface area contributed by atoms with E-state index in [1.54, 1.807) is 19.1 Å². The number of aromatic hydroxyl groups is 1. The predicted molar refractivity (Wildman–Crippen MR) is 134 cm³/mol. The minimum Gasteiger partial charge on any atom is -0.508 e. The van der Waals surface area contributed by atoms with Crippen LogP contribution in [-0.4, -0.2) is 75.4 Å². The zero-order valence-corrected chi connectivity index (χ0v) is 21.2. The molecule has 2 rings (SSSR count). The lowest BCUT2D eigenvalue weighted by molar-refractivity contribution is -0.146. The van der Waals surface area contributed by atoms with Gasteiger partial charge in [0.25, 0.3) is 0 Å². The van der Waals surface area contributed by atoms with E-state index in [4.69, 9.17) is 11.5 Å². The average Bonchev–Trinajstić information content (AvgIpc) is 3.35. The number of nitrogens with one attached hydrogen (secondary N) is 2. The SMILES string of the molecule is CCC(C)C(NC(=O)C1CCCN1C(=O)C(Cc1ccc(O)cc1)NC(=O)C(N)CCC(N)=O)C(=O)O. The van der Waals surface area contributed by atoms with Gasteiger partial charge in [0.2, 0.25) is 23.6 Å². The molecule has 37 heavy (non-hydrogen) atoms. The van der Waals surface area contributed by atoms with Crippen LogP contribution in [0.4, 0.5) is 0 Å². The predicted octanol–water partition coefficient (Wildman–Crippen LogP) is -0.381. The zero-order chi connectivity index (χ0) is 27.7. The van der Waals surface area contributed by atoms with Crippen molar-refractivity contribution in [2.75, 3.05) is 6.54 Å². The number of likely N-dealkylation sites (tertiary alicyclic amines) is 1. The maximum atomic E-state index is 13.6. The molecule has 1 aliphatic heterocycles. The highest BCUT2D eigenvalue weighted by atomic mass is 16.4. The van der Waals surface area contributed by atoms with Crippen molar-refractivity contribution in [3.05, 3.63) is 29.8 Å². The molecule has 8 N–H and O–H groups in total. The van der Waals surface area contributed by atoms with Crippen molar-refractivity contribution < 1.29 is 34.2 Å². The number of hydrogen-bond donors (Lipinski definition) is 6. The molecule has 4 amide bonds. The van der Waals surface area contributed by atoms with Crippen molar-refractivity contribution in [1.82, 2.24) is 15.5 Å². The second-order valence-electron chi connectivity index (χ2n) is 9.44. The number of rotatable bonds is 13. The summed E-state index contributed by atoms with van der Waals surface area (Å²) in [5.74, 6) is -3.77. The van der Waals surface area contributed by atoms with Gasteiger partial charge in [0.05, 0.1) is 6.04 Å². The summed E-state index contributed by atoms with van der Waals surface area (Å²) in [7, 11) is 0. The van der Waals surface area contributed by atoms with Gasteiger partial charge in [0, 0.05) is 19.4 Å². The van der Waals surface area contributed by atoms with E-state index in [-0.39, 0.29) is 37.5 Å². The molecule has 0 aromatic heterocycles. The number of amides is 4. The van der Waals surface area contributed by atoms with Crippen LogP contribution in [0.2, 0.25) is 0 Å². The second-order valence-corrected chi connectivity index (χ2v) is 9.44. The van der Waals surface area contributed by atoms with E-state index in [1.165, 1.54) is 17.0 Å². The number of hydrogen-bond acceptors (Lipinski definition) is 7. The fourth-order valence-electron chi connectivity index (χ4n) is 4.21. The van der Waals surface area contributed by atoms with Crippen LogP contribution >= 0.6 is 0 Å². The average molecular weight is 520 g/mol. The van der Waals surface area contributed by atoms with Gasteiger partial charge < -0.3 is 37.2 Å². The molecule has 1 aliphatic rings. The number of aliphatic carboxylic acids is 1. The smallest absolute Gasteiger partial charge is 0.326 e. The maximum Gasteiger partial charge on any atom is 0.326 e. The highest BCUT2D eigenvalue weighted by Crippen LogP contribution is 2.21. The van der Waals surface area contributed by atoms with E-state index in [0.717, 1.165) is 0 Å².